The van der Waals surface area contributed by atoms with Crippen LogP contribution in [0.4, 0.5) is 5.69 Å². The summed E-state index contributed by atoms with van der Waals surface area (Å²) in [6.45, 7) is 2.97. The second-order valence-corrected chi connectivity index (χ2v) is 6.59. The van der Waals surface area contributed by atoms with Gasteiger partial charge in [-0.3, -0.25) is 4.79 Å². The Balaban J connectivity index is 1.96. The Kier molecular flexibility index (Phi) is 5.56. The van der Waals surface area contributed by atoms with Gasteiger partial charge in [-0.2, -0.15) is 0 Å². The number of piperidine rings is 1. The maximum Gasteiger partial charge on any atom is 0.229 e. The molecule has 5 heteroatoms. The number of hydrogen-bond donors (Lipinski definition) is 1. The summed E-state index contributed by atoms with van der Waals surface area (Å²) < 4.78 is 0. The molecule has 5 nitrogen and oxygen atoms in total. The van der Waals surface area contributed by atoms with Gasteiger partial charge < -0.3 is 15.5 Å². The first-order valence-electron chi connectivity index (χ1n) is 8.94. The van der Waals surface area contributed by atoms with Gasteiger partial charge in [0.25, 0.3) is 0 Å². The third-order valence-electron chi connectivity index (χ3n) is 4.80. The summed E-state index contributed by atoms with van der Waals surface area (Å²) in [5.41, 5.74) is 9.72. The third kappa shape index (κ3) is 3.72. The zero-order valence-electron chi connectivity index (χ0n) is 15.3. The predicted molar refractivity (Wildman–Crippen MR) is 104 cm³/mol. The molecule has 0 bridgehead atoms. The van der Waals surface area contributed by atoms with Crippen molar-refractivity contribution in [3.8, 4) is 0 Å². The summed E-state index contributed by atoms with van der Waals surface area (Å²) in [6.07, 6.45) is 3.15. The zero-order chi connectivity index (χ0) is 18.5. The second-order valence-electron chi connectivity index (χ2n) is 6.59. The van der Waals surface area contributed by atoms with Crippen LogP contribution in [0.25, 0.3) is 0 Å². The first-order valence-corrected chi connectivity index (χ1v) is 8.94. The van der Waals surface area contributed by atoms with Crippen molar-refractivity contribution in [3.63, 3.8) is 0 Å². The Morgan fingerprint density at radius 3 is 2.58 bits per heavy atom. The van der Waals surface area contributed by atoms with Crippen molar-refractivity contribution in [3.05, 3.63) is 65.2 Å². The van der Waals surface area contributed by atoms with Crippen LogP contribution < -0.4 is 10.6 Å². The van der Waals surface area contributed by atoms with Gasteiger partial charge in [-0.1, -0.05) is 47.6 Å². The van der Waals surface area contributed by atoms with E-state index in [-0.39, 0.29) is 5.91 Å². The Morgan fingerprint density at radius 1 is 1.15 bits per heavy atom. The van der Waals surface area contributed by atoms with Gasteiger partial charge >= 0.3 is 0 Å². The minimum absolute atomic E-state index is 0.344. The van der Waals surface area contributed by atoms with E-state index in [0.29, 0.717) is 0 Å². The lowest BCUT2D eigenvalue weighted by Crippen LogP contribution is -2.36. The molecule has 3 rings (SSSR count). The number of primary amides is 1. The fourth-order valence-electron chi connectivity index (χ4n) is 3.60. The SMILES string of the molecule is CON=C1CCCCN1c1ccc(C(C(N)=O)c2ccccc2)cc1C. The molecule has 26 heavy (non-hydrogen) atoms. The molecule has 0 aromatic heterocycles. The topological polar surface area (TPSA) is 67.9 Å². The van der Waals surface area contributed by atoms with Crippen molar-refractivity contribution in [2.45, 2.75) is 32.1 Å². The molecular formula is C21H25N3O2. The van der Waals surface area contributed by atoms with E-state index in [1.165, 1.54) is 0 Å². The van der Waals surface area contributed by atoms with Gasteiger partial charge in [0, 0.05) is 18.7 Å². The van der Waals surface area contributed by atoms with E-state index in [4.69, 9.17) is 10.6 Å². The van der Waals surface area contributed by atoms with Crippen LogP contribution in [0.15, 0.2) is 53.7 Å². The molecule has 1 amide bonds. The average Bonchev–Trinajstić information content (AvgIpc) is 2.64. The van der Waals surface area contributed by atoms with Crippen molar-refractivity contribution in [1.82, 2.24) is 0 Å². The Bertz CT molecular complexity index is 802. The number of aryl methyl sites for hydroxylation is 1. The molecule has 2 aromatic carbocycles. The molecule has 1 aliphatic rings. The Labute approximate surface area is 154 Å². The van der Waals surface area contributed by atoms with E-state index in [2.05, 4.69) is 29.1 Å². The van der Waals surface area contributed by atoms with Gasteiger partial charge in [0.15, 0.2) is 0 Å². The quantitative estimate of drug-likeness (QED) is 0.838. The summed E-state index contributed by atoms with van der Waals surface area (Å²) >= 11 is 0. The maximum atomic E-state index is 12.1. The molecule has 0 radical (unpaired) electrons. The number of amidine groups is 1. The highest BCUT2D eigenvalue weighted by Crippen LogP contribution is 2.31. The number of nitrogens with two attached hydrogens (primary N) is 1. The Hall–Kier alpha value is -2.82. The highest BCUT2D eigenvalue weighted by molar-refractivity contribution is 5.98. The standard InChI is InChI=1S/C21H25N3O2/c1-15-14-17(20(21(22)25)16-8-4-3-5-9-16)11-12-18(15)24-13-7-6-10-19(24)23-26-2/h3-5,8-9,11-12,14,20H,6-7,10,13H2,1-2H3,(H2,22,25). The van der Waals surface area contributed by atoms with Gasteiger partial charge in [0.1, 0.15) is 12.9 Å². The fraction of sp³-hybridized carbons (Fsp3) is 0.333. The number of benzene rings is 2. The van der Waals surface area contributed by atoms with E-state index in [0.717, 1.165) is 54.0 Å². The third-order valence-corrected chi connectivity index (χ3v) is 4.80. The van der Waals surface area contributed by atoms with Crippen LogP contribution in [0.1, 0.15) is 41.9 Å². The molecule has 1 atom stereocenters. The van der Waals surface area contributed by atoms with E-state index in [9.17, 15) is 4.79 Å². The molecule has 2 N–H and O–H groups in total. The normalized spacial score (nSPS) is 17.2. The van der Waals surface area contributed by atoms with Crippen LogP contribution >= 0.6 is 0 Å². The lowest BCUT2D eigenvalue weighted by Gasteiger charge is -2.31. The smallest absolute Gasteiger partial charge is 0.229 e. The monoisotopic (exact) mass is 351 g/mol. The molecule has 0 spiro atoms. The summed E-state index contributed by atoms with van der Waals surface area (Å²) in [5, 5.41) is 4.18. The van der Waals surface area contributed by atoms with Gasteiger partial charge in [-0.15, -0.1) is 0 Å². The van der Waals surface area contributed by atoms with Crippen LogP contribution in [0, 0.1) is 6.92 Å². The fourth-order valence-corrected chi connectivity index (χ4v) is 3.60. The van der Waals surface area contributed by atoms with Gasteiger partial charge in [0.05, 0.1) is 5.92 Å². The molecule has 1 fully saturated rings. The van der Waals surface area contributed by atoms with Crippen LogP contribution in [0.5, 0.6) is 0 Å². The number of nitrogens with zero attached hydrogens (tertiary/aromatic N) is 2. The first kappa shape index (κ1) is 18.0. The molecule has 1 heterocycles. The largest absolute Gasteiger partial charge is 0.398 e. The molecule has 0 aliphatic carbocycles. The number of carbonyl (C=O) groups excluding carboxylic acids is 1. The minimum atomic E-state index is -0.447. The lowest BCUT2D eigenvalue weighted by atomic mass is 9.89. The molecule has 1 unspecified atom stereocenters. The van der Waals surface area contributed by atoms with E-state index < -0.39 is 5.92 Å². The molecule has 136 valence electrons. The van der Waals surface area contributed by atoms with Gasteiger partial charge in [0.2, 0.25) is 5.91 Å². The number of anilines is 1. The number of oxime groups is 1. The lowest BCUT2D eigenvalue weighted by molar-refractivity contribution is -0.118. The first-order chi connectivity index (χ1) is 12.6. The summed E-state index contributed by atoms with van der Waals surface area (Å²) in [4.78, 5) is 19.3. The molecule has 1 aliphatic heterocycles. The predicted octanol–water partition coefficient (Wildman–Crippen LogP) is 3.56. The highest BCUT2D eigenvalue weighted by Gasteiger charge is 2.24. The minimum Gasteiger partial charge on any atom is -0.398 e. The van der Waals surface area contributed by atoms with Crippen molar-refractivity contribution >= 4 is 17.4 Å². The van der Waals surface area contributed by atoms with Crippen LogP contribution in [-0.4, -0.2) is 25.4 Å². The summed E-state index contributed by atoms with van der Waals surface area (Å²) in [7, 11) is 1.58. The number of rotatable bonds is 5. The van der Waals surface area contributed by atoms with Crippen LogP contribution in [0.3, 0.4) is 0 Å². The molecular weight excluding hydrogens is 326 g/mol. The zero-order valence-corrected chi connectivity index (χ0v) is 15.3. The van der Waals surface area contributed by atoms with Crippen molar-refractivity contribution in [1.29, 1.82) is 0 Å². The van der Waals surface area contributed by atoms with Crippen molar-refractivity contribution < 1.29 is 9.63 Å². The van der Waals surface area contributed by atoms with Gasteiger partial charge in [-0.25, -0.2) is 0 Å². The van der Waals surface area contributed by atoms with Gasteiger partial charge in [-0.05, 0) is 42.5 Å². The average molecular weight is 351 g/mol. The number of carbonyl (C=O) groups is 1. The summed E-state index contributed by atoms with van der Waals surface area (Å²) in [6, 6.07) is 15.8. The molecule has 2 aromatic rings. The van der Waals surface area contributed by atoms with E-state index in [1.54, 1.807) is 7.11 Å². The Morgan fingerprint density at radius 2 is 1.92 bits per heavy atom. The second kappa shape index (κ2) is 8.04. The van der Waals surface area contributed by atoms with E-state index >= 15 is 0 Å². The van der Waals surface area contributed by atoms with Crippen LogP contribution in [0.2, 0.25) is 0 Å². The highest BCUT2D eigenvalue weighted by atomic mass is 16.6. The number of hydrogen-bond acceptors (Lipinski definition) is 3. The van der Waals surface area contributed by atoms with Crippen molar-refractivity contribution in [2.75, 3.05) is 18.6 Å². The number of amides is 1. The van der Waals surface area contributed by atoms with E-state index in [1.807, 2.05) is 36.4 Å². The maximum absolute atomic E-state index is 12.1. The van der Waals surface area contributed by atoms with Crippen LogP contribution in [-0.2, 0) is 9.63 Å². The summed E-state index contributed by atoms with van der Waals surface area (Å²) in [5.74, 6) is 0.157. The molecule has 0 saturated carbocycles. The van der Waals surface area contributed by atoms with Crippen molar-refractivity contribution in [2.24, 2.45) is 10.9 Å². The molecule has 1 saturated heterocycles.